The Balaban J connectivity index is 1.74. The van der Waals surface area contributed by atoms with Crippen molar-refractivity contribution in [3.63, 3.8) is 0 Å². The molecule has 5 nitrogen and oxygen atoms in total. The first-order valence-electron chi connectivity index (χ1n) is 10.6. The van der Waals surface area contributed by atoms with Crippen LogP contribution in [0.4, 0.5) is 8.78 Å². The molecule has 3 aromatic rings. The van der Waals surface area contributed by atoms with Crippen LogP contribution in [0, 0.1) is 13.8 Å². The molecular weight excluding hydrogens is 640 g/mol. The van der Waals surface area contributed by atoms with Gasteiger partial charge in [0.2, 0.25) is 0 Å². The third-order valence-corrected chi connectivity index (χ3v) is 8.99. The van der Waals surface area contributed by atoms with Crippen LogP contribution in [0.3, 0.4) is 0 Å². The molecular formula is C24H23ClF2N3O2Tl. The molecule has 1 aliphatic heterocycles. The van der Waals surface area contributed by atoms with Crippen molar-refractivity contribution < 1.29 is 18.3 Å². The summed E-state index contributed by atoms with van der Waals surface area (Å²) in [6, 6.07) is 6.48. The minimum absolute atomic E-state index is 0.0109. The number of amides is 1. The molecule has 33 heavy (non-hydrogen) atoms. The van der Waals surface area contributed by atoms with Crippen molar-refractivity contribution in [2.24, 2.45) is 0 Å². The van der Waals surface area contributed by atoms with E-state index in [-0.39, 0.29) is 11.5 Å². The number of nitrogens with zero attached hydrogens (tertiary/aromatic N) is 3. The average Bonchev–Trinajstić information content (AvgIpc) is 3.13. The number of aromatic nitrogens is 2. The normalized spacial score (nSPS) is 14.6. The van der Waals surface area contributed by atoms with E-state index in [1.165, 1.54) is 12.1 Å². The molecule has 1 aliphatic rings. The number of halogens is 3. The summed E-state index contributed by atoms with van der Waals surface area (Å²) in [7, 11) is 0. The molecule has 2 heterocycles. The zero-order valence-electron chi connectivity index (χ0n) is 18.5. The second-order valence-electron chi connectivity index (χ2n) is 8.15. The summed E-state index contributed by atoms with van der Waals surface area (Å²) < 4.78 is 36.6. The first-order chi connectivity index (χ1) is 15.6. The van der Waals surface area contributed by atoms with Crippen molar-refractivity contribution >= 4 is 57.3 Å². The van der Waals surface area contributed by atoms with Gasteiger partial charge in [-0.2, -0.15) is 0 Å². The van der Waals surface area contributed by atoms with Gasteiger partial charge < -0.3 is 0 Å². The maximum absolute atomic E-state index is 14.3. The number of hydrogen-bond acceptors (Lipinski definition) is 3. The van der Waals surface area contributed by atoms with E-state index in [2.05, 4.69) is 6.58 Å². The van der Waals surface area contributed by atoms with Gasteiger partial charge in [0.15, 0.2) is 0 Å². The van der Waals surface area contributed by atoms with Crippen LogP contribution in [0.25, 0.3) is 10.9 Å². The Morgan fingerprint density at radius 2 is 2.00 bits per heavy atom. The van der Waals surface area contributed by atoms with E-state index in [4.69, 9.17) is 21.4 Å². The van der Waals surface area contributed by atoms with Gasteiger partial charge in [-0.1, -0.05) is 0 Å². The number of benzene rings is 2. The first kappa shape index (κ1) is 24.3. The molecule has 0 N–H and O–H groups in total. The van der Waals surface area contributed by atoms with Crippen LogP contribution in [0.2, 0.25) is 5.02 Å². The number of carbonyl (C=O) groups excluding carboxylic acids is 1. The Morgan fingerprint density at radius 3 is 2.67 bits per heavy atom. The van der Waals surface area contributed by atoms with E-state index in [9.17, 15) is 13.6 Å². The summed E-state index contributed by atoms with van der Waals surface area (Å²) in [5, 5.41) is 5.93. The molecule has 0 atom stereocenters. The fourth-order valence-corrected chi connectivity index (χ4v) is 6.45. The van der Waals surface area contributed by atoms with Gasteiger partial charge in [0, 0.05) is 0 Å². The summed E-state index contributed by atoms with van der Waals surface area (Å²) in [5.41, 5.74) is 3.52. The number of fused-ring (bicyclic) bond motifs is 1. The quantitative estimate of drug-likeness (QED) is 0.308. The van der Waals surface area contributed by atoms with E-state index >= 15 is 0 Å². The van der Waals surface area contributed by atoms with Gasteiger partial charge >= 0.3 is 213 Å². The molecule has 1 amide bonds. The second kappa shape index (κ2) is 9.42. The van der Waals surface area contributed by atoms with Crippen LogP contribution < -0.4 is 3.12 Å². The predicted molar refractivity (Wildman–Crippen MR) is 126 cm³/mol. The van der Waals surface area contributed by atoms with Crippen LogP contribution >= 0.6 is 11.6 Å². The molecule has 0 saturated carbocycles. The van der Waals surface area contributed by atoms with E-state index in [0.29, 0.717) is 91.7 Å². The molecule has 4 rings (SSSR count). The monoisotopic (exact) mass is 663 g/mol. The van der Waals surface area contributed by atoms with Crippen LogP contribution in [-0.2, 0) is 17.2 Å². The fourth-order valence-electron chi connectivity index (χ4n) is 4.06. The topological polar surface area (TPSA) is 47.4 Å². The minimum atomic E-state index is -3.12. The van der Waals surface area contributed by atoms with Crippen molar-refractivity contribution in [2.45, 2.75) is 26.3 Å². The Kier molecular flexibility index (Phi) is 6.93. The third kappa shape index (κ3) is 4.59. The zero-order chi connectivity index (χ0) is 23.9. The summed E-state index contributed by atoms with van der Waals surface area (Å²) in [4.78, 5) is 14.9. The molecule has 0 radical (unpaired) electrons. The van der Waals surface area contributed by atoms with Gasteiger partial charge in [-0.3, -0.25) is 0 Å². The standard InChI is InChI=1S/C24H23ClF2N3O2.Tl/c1-4-24(26,27)19-11-15(2)22-20(13-19)16(3)30(28-22)14-18-12-17(5-6-21(18)25)23(31)29-7-9-32-10-8-29;/h4-6,11,13H,1,7-10,14H2,2-3H3;. The van der Waals surface area contributed by atoms with Crippen LogP contribution in [0.15, 0.2) is 36.9 Å². The number of morpholine rings is 1. The Labute approximate surface area is 212 Å². The van der Waals surface area contributed by atoms with Gasteiger partial charge in [-0.15, -0.1) is 0 Å². The Hall–Kier alpha value is -1.85. The van der Waals surface area contributed by atoms with Crippen molar-refractivity contribution in [1.82, 2.24) is 14.7 Å². The fraction of sp³-hybridized carbons (Fsp3) is 0.333. The average molecular weight is 663 g/mol. The molecule has 9 heteroatoms. The molecule has 1 fully saturated rings. The molecule has 1 saturated heterocycles. The summed E-state index contributed by atoms with van der Waals surface area (Å²) in [6.45, 7) is 9.47. The Bertz CT molecular complexity index is 1250. The Morgan fingerprint density at radius 1 is 1.30 bits per heavy atom. The van der Waals surface area contributed by atoms with Gasteiger partial charge in [-0.25, -0.2) is 0 Å². The molecule has 0 unspecified atom stereocenters. The van der Waals surface area contributed by atoms with E-state index < -0.39 is 5.92 Å². The van der Waals surface area contributed by atoms with Gasteiger partial charge in [0.1, 0.15) is 0 Å². The molecule has 170 valence electrons. The number of ether oxygens (including phenoxy) is 1. The molecule has 2 aromatic carbocycles. The third-order valence-electron chi connectivity index (χ3n) is 6.08. The number of rotatable bonds is 5. The molecule has 0 spiro atoms. The van der Waals surface area contributed by atoms with Crippen molar-refractivity contribution in [3.8, 4) is 0 Å². The number of aryl methyl sites for hydroxylation is 2. The van der Waals surface area contributed by atoms with Gasteiger partial charge in [0.25, 0.3) is 0 Å². The maximum atomic E-state index is 14.3. The SMILES string of the molecule is C=CC(F)(F)c1cc(C)c2nn(Cc3c(Cl)ccc(C(=O)N4CCOCC4)[c]3[Tl])c(C)c2c1. The summed E-state index contributed by atoms with van der Waals surface area (Å²) in [5.74, 6) is -3.13. The van der Waals surface area contributed by atoms with Crippen molar-refractivity contribution in [1.29, 1.82) is 0 Å². The predicted octanol–water partition coefficient (Wildman–Crippen LogP) is 3.90. The number of alkyl halides is 2. The first-order valence-corrected chi connectivity index (χ1v) is 13.2. The summed E-state index contributed by atoms with van der Waals surface area (Å²) >= 11 is 6.93. The number of hydrogen-bond donors (Lipinski definition) is 0. The summed E-state index contributed by atoms with van der Waals surface area (Å²) in [6.07, 6.45) is 0.652. The molecule has 0 aliphatic carbocycles. The van der Waals surface area contributed by atoms with E-state index in [1.807, 2.05) is 6.92 Å². The van der Waals surface area contributed by atoms with Crippen molar-refractivity contribution in [2.75, 3.05) is 26.3 Å². The second-order valence-corrected chi connectivity index (χ2v) is 10.8. The van der Waals surface area contributed by atoms with Crippen LogP contribution in [0.5, 0.6) is 0 Å². The van der Waals surface area contributed by atoms with Crippen LogP contribution in [0.1, 0.15) is 32.7 Å². The van der Waals surface area contributed by atoms with E-state index in [0.717, 1.165) is 14.4 Å². The van der Waals surface area contributed by atoms with Gasteiger partial charge in [-0.05, 0) is 0 Å². The number of carbonyl (C=O) groups is 1. The molecule has 1 aromatic heterocycles. The number of allylic oxidation sites excluding steroid dienone is 1. The zero-order valence-corrected chi connectivity index (χ0v) is 23.7. The van der Waals surface area contributed by atoms with Gasteiger partial charge in [0.05, 0.1) is 0 Å². The van der Waals surface area contributed by atoms with Crippen molar-refractivity contribution in [3.05, 3.63) is 69.9 Å². The molecule has 0 bridgehead atoms. The van der Waals surface area contributed by atoms with E-state index in [1.54, 1.807) is 28.6 Å². The van der Waals surface area contributed by atoms with Crippen LogP contribution in [-0.4, -0.2) is 72.7 Å².